The highest BCUT2D eigenvalue weighted by Gasteiger charge is 2.35. The van der Waals surface area contributed by atoms with Crippen molar-refractivity contribution in [3.8, 4) is 0 Å². The number of ether oxygens (including phenoxy) is 2. The average Bonchev–Trinajstić information content (AvgIpc) is 2.78. The molecule has 0 aliphatic rings. The molecule has 0 bridgehead atoms. The molecule has 2 atom stereocenters. The zero-order chi connectivity index (χ0) is 21.9. The Balaban J connectivity index is 2.24. The van der Waals surface area contributed by atoms with Crippen LogP contribution in [-0.4, -0.2) is 35.6 Å². The van der Waals surface area contributed by atoms with Gasteiger partial charge in [0, 0.05) is 0 Å². The van der Waals surface area contributed by atoms with Crippen LogP contribution in [0.5, 0.6) is 0 Å². The fraction of sp³-hybridized carbons (Fsp3) is 0.261. The maximum absolute atomic E-state index is 12.6. The van der Waals surface area contributed by atoms with Crippen molar-refractivity contribution in [1.29, 1.82) is 0 Å². The van der Waals surface area contributed by atoms with Gasteiger partial charge in [0.05, 0.1) is 12.6 Å². The summed E-state index contributed by atoms with van der Waals surface area (Å²) in [4.78, 5) is 38.9. The second-order valence-electron chi connectivity index (χ2n) is 6.40. The lowest BCUT2D eigenvalue weighted by atomic mass is 10.1. The largest absolute Gasteiger partial charge is 0.463 e. The van der Waals surface area contributed by atoms with E-state index in [0.29, 0.717) is 0 Å². The number of nitrogens with zero attached hydrogens (tertiary/aromatic N) is 1. The van der Waals surface area contributed by atoms with E-state index in [0.717, 1.165) is 17.2 Å². The van der Waals surface area contributed by atoms with Crippen molar-refractivity contribution in [2.45, 2.75) is 32.7 Å². The van der Waals surface area contributed by atoms with E-state index in [1.165, 1.54) is 4.90 Å². The molecule has 2 aromatic rings. The number of carbonyl (C=O) groups excluding carboxylic acids is 3. The predicted octanol–water partition coefficient (Wildman–Crippen LogP) is 3.58. The summed E-state index contributed by atoms with van der Waals surface area (Å²) >= 11 is 0. The van der Waals surface area contributed by atoms with Gasteiger partial charge in [0.1, 0.15) is 6.61 Å². The number of hydrogen-bond donors (Lipinski definition) is 1. The van der Waals surface area contributed by atoms with Crippen LogP contribution in [0, 0.1) is 0 Å². The van der Waals surface area contributed by atoms with Gasteiger partial charge < -0.3 is 14.4 Å². The monoisotopic (exact) mass is 410 g/mol. The van der Waals surface area contributed by atoms with Gasteiger partial charge in [-0.15, -0.1) is 0 Å². The van der Waals surface area contributed by atoms with Crippen LogP contribution in [-0.2, 0) is 25.7 Å². The Morgan fingerprint density at radius 2 is 1.63 bits per heavy atom. The van der Waals surface area contributed by atoms with E-state index in [2.05, 4.69) is 11.9 Å². The highest BCUT2D eigenvalue weighted by molar-refractivity contribution is 5.92. The first-order valence-electron chi connectivity index (χ1n) is 9.61. The predicted molar refractivity (Wildman–Crippen MR) is 112 cm³/mol. The highest BCUT2D eigenvalue weighted by Crippen LogP contribution is 2.23. The minimum atomic E-state index is -1.38. The van der Waals surface area contributed by atoms with Gasteiger partial charge in [-0.25, -0.2) is 9.59 Å². The molecule has 7 heteroatoms. The third-order valence-corrected chi connectivity index (χ3v) is 4.38. The van der Waals surface area contributed by atoms with Crippen LogP contribution in [0.25, 0.3) is 0 Å². The first-order chi connectivity index (χ1) is 14.5. The maximum Gasteiger partial charge on any atom is 0.409 e. The molecule has 0 aliphatic heterocycles. The van der Waals surface area contributed by atoms with E-state index in [1.807, 2.05) is 48.5 Å². The second kappa shape index (κ2) is 11.4. The van der Waals surface area contributed by atoms with Crippen LogP contribution >= 0.6 is 0 Å². The van der Waals surface area contributed by atoms with E-state index in [4.69, 9.17) is 9.47 Å². The lowest BCUT2D eigenvalue weighted by Gasteiger charge is -2.34. The fourth-order valence-electron chi connectivity index (χ4n) is 2.88. The lowest BCUT2D eigenvalue weighted by molar-refractivity contribution is -0.156. The normalized spacial score (nSPS) is 12.2. The molecule has 2 aromatic carbocycles. The summed E-state index contributed by atoms with van der Waals surface area (Å²) in [5, 5.41) is 2.46. The molecule has 0 unspecified atom stereocenters. The molecule has 0 aliphatic carbocycles. The molecule has 0 aromatic heterocycles. The van der Waals surface area contributed by atoms with Crippen molar-refractivity contribution >= 4 is 18.0 Å². The molecule has 0 spiro atoms. The summed E-state index contributed by atoms with van der Waals surface area (Å²) in [6.07, 6.45) is -1.14. The van der Waals surface area contributed by atoms with E-state index < -0.39 is 30.2 Å². The number of esters is 1. The van der Waals surface area contributed by atoms with E-state index in [-0.39, 0.29) is 13.2 Å². The summed E-state index contributed by atoms with van der Waals surface area (Å²) in [5.74, 6) is -1.31. The summed E-state index contributed by atoms with van der Waals surface area (Å²) in [6, 6.07) is 17.7. The third kappa shape index (κ3) is 6.20. The number of nitrogens with one attached hydrogen (secondary N) is 1. The van der Waals surface area contributed by atoms with E-state index in [1.54, 1.807) is 26.0 Å². The number of alkyl carbamates (subject to hydrolysis) is 1. The van der Waals surface area contributed by atoms with Crippen molar-refractivity contribution in [1.82, 2.24) is 10.2 Å². The van der Waals surface area contributed by atoms with E-state index >= 15 is 0 Å². The zero-order valence-corrected chi connectivity index (χ0v) is 17.1. The van der Waals surface area contributed by atoms with Crippen LogP contribution in [0.1, 0.15) is 31.0 Å². The molecule has 0 radical (unpaired) electrons. The number of carbonyl (C=O) groups is 3. The van der Waals surface area contributed by atoms with Crippen molar-refractivity contribution in [3.05, 3.63) is 84.4 Å². The molecule has 2 amide bonds. The van der Waals surface area contributed by atoms with Crippen LogP contribution in [0.3, 0.4) is 0 Å². The van der Waals surface area contributed by atoms with Gasteiger partial charge in [0.25, 0.3) is 0 Å². The van der Waals surface area contributed by atoms with Gasteiger partial charge in [-0.05, 0) is 31.1 Å². The zero-order valence-electron chi connectivity index (χ0n) is 17.1. The average molecular weight is 410 g/mol. The van der Waals surface area contributed by atoms with Gasteiger partial charge in [0.15, 0.2) is 0 Å². The van der Waals surface area contributed by atoms with Crippen LogP contribution in [0.2, 0.25) is 0 Å². The molecule has 2 rings (SSSR count). The first-order valence-corrected chi connectivity index (χ1v) is 9.61. The number of amides is 2. The Labute approximate surface area is 176 Å². The minimum absolute atomic E-state index is 0.0197. The first kappa shape index (κ1) is 22.7. The van der Waals surface area contributed by atoms with Gasteiger partial charge in [0.2, 0.25) is 12.1 Å². The van der Waals surface area contributed by atoms with Gasteiger partial charge in [-0.1, -0.05) is 67.2 Å². The van der Waals surface area contributed by atoms with Gasteiger partial charge >= 0.3 is 12.1 Å². The van der Waals surface area contributed by atoms with E-state index in [9.17, 15) is 14.4 Å². The summed E-state index contributed by atoms with van der Waals surface area (Å²) < 4.78 is 10.3. The molecule has 7 nitrogen and oxygen atoms in total. The van der Waals surface area contributed by atoms with Crippen LogP contribution in [0.15, 0.2) is 73.3 Å². The quantitative estimate of drug-likeness (QED) is 0.388. The summed E-state index contributed by atoms with van der Waals surface area (Å²) in [6.45, 7) is 7.01. The third-order valence-electron chi connectivity index (χ3n) is 4.38. The number of benzene rings is 2. The Morgan fingerprint density at radius 3 is 2.20 bits per heavy atom. The summed E-state index contributed by atoms with van der Waals surface area (Å²) in [7, 11) is 0. The van der Waals surface area contributed by atoms with Crippen molar-refractivity contribution < 1.29 is 23.9 Å². The molecular formula is C23H26N2O5. The van der Waals surface area contributed by atoms with Gasteiger partial charge in [-0.2, -0.15) is 0 Å². The fourth-order valence-corrected chi connectivity index (χ4v) is 2.88. The van der Waals surface area contributed by atoms with Gasteiger partial charge in [-0.3, -0.25) is 10.1 Å². The lowest BCUT2D eigenvalue weighted by Crippen LogP contribution is -2.56. The highest BCUT2D eigenvalue weighted by atomic mass is 16.6. The molecule has 1 N–H and O–H groups in total. The van der Waals surface area contributed by atoms with Crippen molar-refractivity contribution in [3.63, 3.8) is 0 Å². The summed E-state index contributed by atoms with van der Waals surface area (Å²) in [5.41, 5.74) is 1.57. The van der Waals surface area contributed by atoms with Crippen LogP contribution in [0.4, 0.5) is 4.79 Å². The number of hydrogen-bond acceptors (Lipinski definition) is 5. The second-order valence-corrected chi connectivity index (χ2v) is 6.40. The standard InChI is InChI=1S/C23H26N2O5/c1-4-20(26)25(17(3)19-14-10-7-11-15-19)21(22(27)29-5-2)24-23(28)30-16-18-12-8-6-9-13-18/h4,6-15,17,21H,1,5,16H2,2-3H3,(H,24,28)/t17-,21-/m0/s1. The topological polar surface area (TPSA) is 84.9 Å². The minimum Gasteiger partial charge on any atom is -0.463 e. The molecule has 30 heavy (non-hydrogen) atoms. The SMILES string of the molecule is C=CC(=O)N([C@H](NC(=O)OCc1ccccc1)C(=O)OCC)[C@@H](C)c1ccccc1. The molecule has 0 saturated heterocycles. The molecular weight excluding hydrogens is 384 g/mol. The Kier molecular flexibility index (Phi) is 8.62. The maximum atomic E-state index is 12.6. The Hall–Kier alpha value is -3.61. The molecule has 0 fully saturated rings. The van der Waals surface area contributed by atoms with Crippen molar-refractivity contribution in [2.24, 2.45) is 0 Å². The molecule has 0 saturated carbocycles. The Morgan fingerprint density at radius 1 is 1.03 bits per heavy atom. The number of rotatable bonds is 9. The van der Waals surface area contributed by atoms with Crippen LogP contribution < -0.4 is 5.32 Å². The molecule has 0 heterocycles. The smallest absolute Gasteiger partial charge is 0.409 e. The van der Waals surface area contributed by atoms with Crippen molar-refractivity contribution in [2.75, 3.05) is 6.61 Å². The molecule has 158 valence electrons. The Bertz CT molecular complexity index is 854.